The number of halogens is 4. The van der Waals surface area contributed by atoms with Gasteiger partial charge < -0.3 is 15.0 Å². The van der Waals surface area contributed by atoms with Crippen LogP contribution in [0.15, 0.2) is 18.2 Å². The van der Waals surface area contributed by atoms with Crippen molar-refractivity contribution in [2.24, 2.45) is 0 Å². The first-order chi connectivity index (χ1) is 12.2. The first-order valence-corrected chi connectivity index (χ1v) is 8.93. The quantitative estimate of drug-likeness (QED) is 0.832. The van der Waals surface area contributed by atoms with Crippen molar-refractivity contribution in [1.82, 2.24) is 10.2 Å². The van der Waals surface area contributed by atoms with Crippen LogP contribution in [0.2, 0.25) is 5.02 Å². The minimum atomic E-state index is -4.79. The number of alkyl halides is 3. The van der Waals surface area contributed by atoms with Crippen LogP contribution in [0, 0.1) is 0 Å². The Morgan fingerprint density at radius 3 is 2.69 bits per heavy atom. The van der Waals surface area contributed by atoms with Gasteiger partial charge in [-0.2, -0.15) is 0 Å². The summed E-state index contributed by atoms with van der Waals surface area (Å²) >= 11 is 7.29. The second-order valence-electron chi connectivity index (χ2n) is 6.44. The number of nitrogens with one attached hydrogen (secondary N) is 1. The molecule has 1 N–H and O–H groups in total. The highest BCUT2D eigenvalue weighted by Gasteiger charge is 2.49. The lowest BCUT2D eigenvalue weighted by Gasteiger charge is -2.47. The summed E-state index contributed by atoms with van der Waals surface area (Å²) in [6.07, 6.45) is -3.65. The van der Waals surface area contributed by atoms with E-state index in [2.05, 4.69) is 10.1 Å². The molecule has 3 heterocycles. The van der Waals surface area contributed by atoms with Crippen LogP contribution in [0.5, 0.6) is 5.75 Å². The van der Waals surface area contributed by atoms with Gasteiger partial charge >= 0.3 is 6.36 Å². The van der Waals surface area contributed by atoms with Gasteiger partial charge in [-0.05, 0) is 24.6 Å². The summed E-state index contributed by atoms with van der Waals surface area (Å²) in [4.78, 5) is 25.9. The Morgan fingerprint density at radius 2 is 2.08 bits per heavy atom. The van der Waals surface area contributed by atoms with Gasteiger partial charge in [-0.15, -0.1) is 24.5 Å². The average Bonchev–Trinajstić information content (AvgIpc) is 3.05. The van der Waals surface area contributed by atoms with Crippen molar-refractivity contribution in [2.45, 2.75) is 24.7 Å². The summed E-state index contributed by atoms with van der Waals surface area (Å²) < 4.78 is 41.4. The van der Waals surface area contributed by atoms with Crippen molar-refractivity contribution in [3.05, 3.63) is 28.1 Å². The third-order valence-electron chi connectivity index (χ3n) is 4.54. The molecule has 2 aliphatic heterocycles. The summed E-state index contributed by atoms with van der Waals surface area (Å²) in [6, 6.07) is 3.78. The number of likely N-dealkylation sites (tertiary alicyclic amines) is 1. The number of hydrogen-bond donors (Lipinski definition) is 1. The number of hydrogen-bond acceptors (Lipinski definition) is 4. The standard InChI is InChI=1S/C16H12ClF3N2O3S/c17-12-9-2-1-8(25-16(18,19)20)5-10(9)26-13(12)14(24)22-6-15(7-22)4-3-11(23)21-15/h1-2,5H,3-4,6-7H2,(H,21,23). The number of rotatable bonds is 2. The summed E-state index contributed by atoms with van der Waals surface area (Å²) in [5.41, 5.74) is -0.344. The Morgan fingerprint density at radius 1 is 1.35 bits per heavy atom. The third kappa shape index (κ3) is 2.99. The van der Waals surface area contributed by atoms with Crippen molar-refractivity contribution in [2.75, 3.05) is 13.1 Å². The number of amides is 2. The molecule has 2 saturated heterocycles. The SMILES string of the molecule is O=C1CCC2(CN(C(=O)c3sc4cc(OC(F)(F)F)ccc4c3Cl)C2)N1. The van der Waals surface area contributed by atoms with Gasteiger partial charge in [-0.3, -0.25) is 9.59 Å². The molecule has 0 saturated carbocycles. The fourth-order valence-electron chi connectivity index (χ4n) is 3.36. The molecule has 2 amide bonds. The van der Waals surface area contributed by atoms with E-state index in [-0.39, 0.29) is 33.0 Å². The zero-order valence-electron chi connectivity index (χ0n) is 13.2. The normalized spacial score (nSPS) is 18.9. The molecule has 138 valence electrons. The van der Waals surface area contributed by atoms with E-state index < -0.39 is 6.36 Å². The number of carbonyl (C=O) groups is 2. The van der Waals surface area contributed by atoms with E-state index in [4.69, 9.17) is 11.6 Å². The first kappa shape index (κ1) is 17.4. The summed E-state index contributed by atoms with van der Waals surface area (Å²) in [6.45, 7) is 0.815. The fraction of sp³-hybridized carbons (Fsp3) is 0.375. The Bertz CT molecular complexity index is 921. The second kappa shape index (κ2) is 5.75. The van der Waals surface area contributed by atoms with Crippen molar-refractivity contribution in [1.29, 1.82) is 0 Å². The van der Waals surface area contributed by atoms with Crippen LogP contribution in [0.1, 0.15) is 22.5 Å². The fourth-order valence-corrected chi connectivity index (χ4v) is 4.87. The van der Waals surface area contributed by atoms with Crippen molar-refractivity contribution in [3.63, 3.8) is 0 Å². The molecule has 0 radical (unpaired) electrons. The van der Waals surface area contributed by atoms with E-state index in [1.54, 1.807) is 4.90 Å². The minimum Gasteiger partial charge on any atom is -0.406 e. The molecule has 1 aromatic heterocycles. The van der Waals surface area contributed by atoms with Gasteiger partial charge in [0.2, 0.25) is 5.91 Å². The molecule has 0 unspecified atom stereocenters. The van der Waals surface area contributed by atoms with E-state index >= 15 is 0 Å². The lowest BCUT2D eigenvalue weighted by molar-refractivity contribution is -0.274. The lowest BCUT2D eigenvalue weighted by atomic mass is 9.88. The van der Waals surface area contributed by atoms with Gasteiger partial charge in [-0.25, -0.2) is 0 Å². The molecule has 4 rings (SSSR count). The second-order valence-corrected chi connectivity index (χ2v) is 7.87. The van der Waals surface area contributed by atoms with Crippen LogP contribution in [0.4, 0.5) is 13.2 Å². The number of fused-ring (bicyclic) bond motifs is 1. The molecule has 5 nitrogen and oxygen atoms in total. The molecule has 10 heteroatoms. The predicted octanol–water partition coefficient (Wildman–Crippen LogP) is 3.56. The average molecular weight is 405 g/mol. The molecule has 2 aliphatic rings. The molecule has 26 heavy (non-hydrogen) atoms. The molecule has 2 aromatic rings. The predicted molar refractivity (Wildman–Crippen MR) is 89.5 cm³/mol. The molecule has 1 aromatic carbocycles. The van der Waals surface area contributed by atoms with Crippen LogP contribution < -0.4 is 10.1 Å². The van der Waals surface area contributed by atoms with Crippen molar-refractivity contribution >= 4 is 44.8 Å². The summed E-state index contributed by atoms with van der Waals surface area (Å²) in [5.74, 6) is -0.672. The van der Waals surface area contributed by atoms with Gasteiger partial charge in [0, 0.05) is 29.6 Å². The van der Waals surface area contributed by atoms with E-state index in [1.165, 1.54) is 12.1 Å². The van der Waals surface area contributed by atoms with Gasteiger partial charge in [0.25, 0.3) is 5.91 Å². The van der Waals surface area contributed by atoms with Gasteiger partial charge in [0.05, 0.1) is 10.6 Å². The minimum absolute atomic E-state index is 0.0193. The Balaban J connectivity index is 1.56. The smallest absolute Gasteiger partial charge is 0.406 e. The van der Waals surface area contributed by atoms with Gasteiger partial charge in [-0.1, -0.05) is 11.6 Å². The number of benzene rings is 1. The molecule has 0 aliphatic carbocycles. The Kier molecular flexibility index (Phi) is 3.85. The highest BCUT2D eigenvalue weighted by molar-refractivity contribution is 7.21. The van der Waals surface area contributed by atoms with Gasteiger partial charge in [0.15, 0.2) is 0 Å². The number of carbonyl (C=O) groups excluding carboxylic acids is 2. The molecule has 2 fully saturated rings. The van der Waals surface area contributed by atoms with Crippen LogP contribution in [0.25, 0.3) is 10.1 Å². The van der Waals surface area contributed by atoms with E-state index in [9.17, 15) is 22.8 Å². The van der Waals surface area contributed by atoms with Crippen molar-refractivity contribution in [3.8, 4) is 5.75 Å². The van der Waals surface area contributed by atoms with Gasteiger partial charge in [0.1, 0.15) is 10.6 Å². The molecular weight excluding hydrogens is 393 g/mol. The molecule has 1 spiro atoms. The first-order valence-electron chi connectivity index (χ1n) is 7.74. The van der Waals surface area contributed by atoms with E-state index in [1.807, 2.05) is 0 Å². The van der Waals surface area contributed by atoms with E-state index in [0.717, 1.165) is 17.4 Å². The number of thiophene rings is 1. The number of ether oxygens (including phenoxy) is 1. The summed E-state index contributed by atoms with van der Waals surface area (Å²) in [7, 11) is 0. The van der Waals surface area contributed by atoms with E-state index in [0.29, 0.717) is 36.0 Å². The van der Waals surface area contributed by atoms with Crippen LogP contribution >= 0.6 is 22.9 Å². The Labute approximate surface area is 154 Å². The monoisotopic (exact) mass is 404 g/mol. The topological polar surface area (TPSA) is 58.6 Å². The largest absolute Gasteiger partial charge is 0.573 e. The van der Waals surface area contributed by atoms with Crippen molar-refractivity contribution < 1.29 is 27.5 Å². The maximum absolute atomic E-state index is 12.7. The summed E-state index contributed by atoms with van der Waals surface area (Å²) in [5, 5.41) is 3.60. The third-order valence-corrected chi connectivity index (χ3v) is 6.18. The zero-order chi connectivity index (χ0) is 18.7. The highest BCUT2D eigenvalue weighted by Crippen LogP contribution is 2.40. The lowest BCUT2D eigenvalue weighted by Crippen LogP contribution is -2.68. The van der Waals surface area contributed by atoms with Crippen LogP contribution in [0.3, 0.4) is 0 Å². The molecule has 0 bridgehead atoms. The highest BCUT2D eigenvalue weighted by atomic mass is 35.5. The maximum atomic E-state index is 12.7. The van der Waals surface area contributed by atoms with Crippen LogP contribution in [-0.4, -0.2) is 41.7 Å². The van der Waals surface area contributed by atoms with Crippen LogP contribution in [-0.2, 0) is 4.79 Å². The number of nitrogens with zero attached hydrogens (tertiary/aromatic N) is 1. The molecule has 0 atom stereocenters. The Hall–Kier alpha value is -2.00. The molecular formula is C16H12ClF3N2O3S. The zero-order valence-corrected chi connectivity index (χ0v) is 14.7. The maximum Gasteiger partial charge on any atom is 0.573 e.